The lowest BCUT2D eigenvalue weighted by atomic mass is 9.82. The second-order valence-electron chi connectivity index (χ2n) is 9.06. The molecule has 2 atom stereocenters. The second kappa shape index (κ2) is 10.5. The van der Waals surface area contributed by atoms with Crippen LogP contribution in [0.1, 0.15) is 42.5 Å². The van der Waals surface area contributed by atoms with Crippen LogP contribution in [0.3, 0.4) is 0 Å². The molecule has 4 rings (SSSR count). The first-order valence-electron chi connectivity index (χ1n) is 11.9. The molecule has 0 spiro atoms. The van der Waals surface area contributed by atoms with Gasteiger partial charge in [0, 0.05) is 18.9 Å². The maximum Gasteiger partial charge on any atom is 0.416 e. The molecule has 198 valence electrons. The highest BCUT2D eigenvalue weighted by Crippen LogP contribution is 2.43. The van der Waals surface area contributed by atoms with Crippen LogP contribution in [0.15, 0.2) is 59.8 Å². The topological polar surface area (TPSA) is 79.9 Å². The first-order valence-corrected chi connectivity index (χ1v) is 11.9. The molecule has 1 saturated heterocycles. The summed E-state index contributed by atoms with van der Waals surface area (Å²) in [5.41, 5.74) is 5.25. The van der Waals surface area contributed by atoms with Gasteiger partial charge in [-0.1, -0.05) is 19.1 Å². The summed E-state index contributed by atoms with van der Waals surface area (Å²) in [6.07, 6.45) is 0.630. The number of hydrogen-bond acceptors (Lipinski definition) is 5. The van der Waals surface area contributed by atoms with Crippen LogP contribution in [0.2, 0.25) is 0 Å². The number of aryl methyl sites for hydroxylation is 1. The van der Waals surface area contributed by atoms with E-state index in [9.17, 15) is 27.6 Å². The van der Waals surface area contributed by atoms with Crippen molar-refractivity contribution in [3.63, 3.8) is 0 Å². The molecule has 2 heterocycles. The molecular formula is C26H29F4N5O2. The van der Waals surface area contributed by atoms with Gasteiger partial charge in [0.2, 0.25) is 0 Å². The number of urea groups is 1. The van der Waals surface area contributed by atoms with Crippen LogP contribution in [0.25, 0.3) is 0 Å². The van der Waals surface area contributed by atoms with E-state index >= 15 is 0 Å². The van der Waals surface area contributed by atoms with Crippen molar-refractivity contribution in [3.05, 3.63) is 82.3 Å². The lowest BCUT2D eigenvalue weighted by molar-refractivity contribution is -0.160. The molecule has 11 heteroatoms. The molecule has 0 radical (unpaired) electrons. The van der Waals surface area contributed by atoms with Crippen molar-refractivity contribution in [3.8, 4) is 0 Å². The standard InChI is InChI=1S/C26H29F4N5O2/c1-4-23-20-14-34(31-3)9-8-16(20)11-24(35(23)37)19-13-22(21(27)10-15(19)2)33-25(36)32-18-7-5-6-17(12-18)26(28,29)30/h5-8,10,12-14,23-24,31,37H,4,9,11H2,1-3H3,(H2,32,33,36). The van der Waals surface area contributed by atoms with E-state index in [2.05, 4.69) is 22.1 Å². The average molecular weight is 520 g/mol. The minimum absolute atomic E-state index is 0.0844. The summed E-state index contributed by atoms with van der Waals surface area (Å²) in [5, 5.41) is 19.1. The third-order valence-corrected chi connectivity index (χ3v) is 6.70. The molecule has 2 aliphatic heterocycles. The molecule has 0 saturated carbocycles. The zero-order valence-electron chi connectivity index (χ0n) is 20.7. The minimum Gasteiger partial charge on any atom is -0.313 e. The number of anilines is 2. The molecular weight excluding hydrogens is 490 g/mol. The molecule has 37 heavy (non-hydrogen) atoms. The van der Waals surface area contributed by atoms with Crippen molar-refractivity contribution in [2.24, 2.45) is 0 Å². The Balaban J connectivity index is 1.57. The molecule has 0 bridgehead atoms. The third kappa shape index (κ3) is 5.63. The van der Waals surface area contributed by atoms with E-state index in [0.29, 0.717) is 30.5 Å². The Labute approximate surface area is 212 Å². The summed E-state index contributed by atoms with van der Waals surface area (Å²) in [5.74, 6) is -0.699. The van der Waals surface area contributed by atoms with Gasteiger partial charge in [-0.15, -0.1) is 0 Å². The van der Waals surface area contributed by atoms with Gasteiger partial charge in [-0.25, -0.2) is 14.6 Å². The molecule has 2 amide bonds. The smallest absolute Gasteiger partial charge is 0.313 e. The zero-order valence-corrected chi connectivity index (χ0v) is 20.7. The number of benzene rings is 2. The van der Waals surface area contributed by atoms with Crippen LogP contribution in [0.5, 0.6) is 0 Å². The third-order valence-electron chi connectivity index (χ3n) is 6.70. The Morgan fingerprint density at radius 3 is 2.62 bits per heavy atom. The Morgan fingerprint density at radius 1 is 1.19 bits per heavy atom. The Kier molecular flexibility index (Phi) is 7.58. The number of hydrogen-bond donors (Lipinski definition) is 4. The molecule has 0 aromatic heterocycles. The van der Waals surface area contributed by atoms with Gasteiger partial charge in [-0.05, 0) is 72.4 Å². The van der Waals surface area contributed by atoms with E-state index < -0.39 is 29.6 Å². The SMILES string of the molecule is CCC1C2=CN(NC)CC=C2CC(c2cc(NC(=O)Nc3cccc(C(F)(F)F)c3)c(F)cc2C)N1O. The summed E-state index contributed by atoms with van der Waals surface area (Å²) in [6.45, 7) is 4.35. The van der Waals surface area contributed by atoms with Crippen LogP contribution in [-0.2, 0) is 6.18 Å². The highest BCUT2D eigenvalue weighted by Gasteiger charge is 2.38. The maximum atomic E-state index is 14.8. The zero-order chi connectivity index (χ0) is 26.9. The van der Waals surface area contributed by atoms with Crippen LogP contribution in [-0.4, -0.2) is 40.9 Å². The molecule has 0 aliphatic carbocycles. The number of piperidine rings is 1. The van der Waals surface area contributed by atoms with E-state index in [1.165, 1.54) is 29.3 Å². The van der Waals surface area contributed by atoms with Crippen LogP contribution < -0.4 is 16.1 Å². The molecule has 2 unspecified atom stereocenters. The van der Waals surface area contributed by atoms with Crippen LogP contribution in [0, 0.1) is 12.7 Å². The average Bonchev–Trinajstić information content (AvgIpc) is 2.85. The number of hydroxylamine groups is 2. The number of carbonyl (C=O) groups excluding carboxylic acids is 1. The van der Waals surface area contributed by atoms with E-state index in [1.807, 2.05) is 25.2 Å². The van der Waals surface area contributed by atoms with Crippen molar-refractivity contribution in [2.45, 2.75) is 44.9 Å². The minimum atomic E-state index is -4.56. The van der Waals surface area contributed by atoms with E-state index in [0.717, 1.165) is 23.3 Å². The number of alkyl halides is 3. The van der Waals surface area contributed by atoms with E-state index in [4.69, 9.17) is 0 Å². The number of nitrogens with one attached hydrogen (secondary N) is 3. The molecule has 2 aliphatic rings. The predicted octanol–water partition coefficient (Wildman–Crippen LogP) is 5.97. The van der Waals surface area contributed by atoms with Crippen molar-refractivity contribution < 1.29 is 27.6 Å². The van der Waals surface area contributed by atoms with Gasteiger partial charge in [0.05, 0.1) is 29.9 Å². The predicted molar refractivity (Wildman–Crippen MR) is 132 cm³/mol. The van der Waals surface area contributed by atoms with Gasteiger partial charge in [-0.2, -0.15) is 18.2 Å². The number of hydrazine groups is 1. The summed E-state index contributed by atoms with van der Waals surface area (Å²) >= 11 is 0. The van der Waals surface area contributed by atoms with Gasteiger partial charge in [0.1, 0.15) is 5.82 Å². The quantitative estimate of drug-likeness (QED) is 0.366. The number of fused-ring (bicyclic) bond motifs is 1. The van der Waals surface area contributed by atoms with Gasteiger partial charge in [0.15, 0.2) is 0 Å². The van der Waals surface area contributed by atoms with Gasteiger partial charge >= 0.3 is 12.2 Å². The molecule has 2 aromatic rings. The monoisotopic (exact) mass is 519 g/mol. The fourth-order valence-electron chi connectivity index (χ4n) is 4.81. The summed E-state index contributed by atoms with van der Waals surface area (Å²) < 4.78 is 53.7. The van der Waals surface area contributed by atoms with Crippen molar-refractivity contribution in [2.75, 3.05) is 24.2 Å². The van der Waals surface area contributed by atoms with Gasteiger partial charge in [0.25, 0.3) is 0 Å². The van der Waals surface area contributed by atoms with E-state index in [-0.39, 0.29) is 17.4 Å². The highest BCUT2D eigenvalue weighted by atomic mass is 19.4. The lowest BCUT2D eigenvalue weighted by Gasteiger charge is -2.43. The van der Waals surface area contributed by atoms with Crippen LogP contribution in [0.4, 0.5) is 33.7 Å². The number of halogens is 4. The van der Waals surface area contributed by atoms with Crippen molar-refractivity contribution in [1.82, 2.24) is 15.5 Å². The maximum absolute atomic E-state index is 14.8. The number of nitrogens with zero attached hydrogens (tertiary/aromatic N) is 2. The normalized spacial score (nSPS) is 20.2. The summed E-state index contributed by atoms with van der Waals surface area (Å²) in [4.78, 5) is 12.5. The van der Waals surface area contributed by atoms with Gasteiger partial charge in [-0.3, -0.25) is 0 Å². The fourth-order valence-corrected chi connectivity index (χ4v) is 4.81. The Hall–Kier alpha value is -3.41. The van der Waals surface area contributed by atoms with Crippen molar-refractivity contribution >= 4 is 17.4 Å². The number of rotatable bonds is 5. The first-order chi connectivity index (χ1) is 17.5. The van der Waals surface area contributed by atoms with E-state index in [1.54, 1.807) is 6.92 Å². The summed E-state index contributed by atoms with van der Waals surface area (Å²) in [6, 6.07) is 5.24. The number of carbonyl (C=O) groups is 1. The highest BCUT2D eigenvalue weighted by molar-refractivity contribution is 6.00. The van der Waals surface area contributed by atoms with Crippen LogP contribution >= 0.6 is 0 Å². The second-order valence-corrected chi connectivity index (χ2v) is 9.06. The van der Waals surface area contributed by atoms with Gasteiger partial charge < -0.3 is 20.8 Å². The fraction of sp³-hybridized carbons (Fsp3) is 0.346. The van der Waals surface area contributed by atoms with Crippen molar-refractivity contribution in [1.29, 1.82) is 0 Å². The first kappa shape index (κ1) is 26.6. The summed E-state index contributed by atoms with van der Waals surface area (Å²) in [7, 11) is 1.82. The molecule has 1 fully saturated rings. The molecule has 2 aromatic carbocycles. The number of amides is 2. The Morgan fingerprint density at radius 2 is 1.95 bits per heavy atom. The lowest BCUT2D eigenvalue weighted by Crippen LogP contribution is -2.45. The Bertz CT molecular complexity index is 1240. The molecule has 4 N–H and O–H groups in total. The molecule has 7 nitrogen and oxygen atoms in total. The largest absolute Gasteiger partial charge is 0.416 e.